The zero-order chi connectivity index (χ0) is 16.4. The SMILES string of the molecule is CCN(CC)C(=O)C(C)(C)C(=O)N1CCC2(CC1)OCCO2. The Morgan fingerprint density at radius 2 is 1.59 bits per heavy atom. The van der Waals surface area contributed by atoms with E-state index in [1.807, 2.05) is 13.8 Å². The third-order valence-electron chi connectivity index (χ3n) is 4.75. The van der Waals surface area contributed by atoms with Crippen molar-refractivity contribution in [1.29, 1.82) is 0 Å². The molecule has 0 unspecified atom stereocenters. The van der Waals surface area contributed by atoms with Crippen LogP contribution in [0.3, 0.4) is 0 Å². The van der Waals surface area contributed by atoms with E-state index >= 15 is 0 Å². The first-order valence-electron chi connectivity index (χ1n) is 8.23. The zero-order valence-electron chi connectivity index (χ0n) is 14.2. The second-order valence-corrected chi connectivity index (χ2v) is 6.50. The van der Waals surface area contributed by atoms with E-state index in [1.165, 1.54) is 0 Å². The predicted octanol–water partition coefficient (Wildman–Crippen LogP) is 1.25. The highest BCUT2D eigenvalue weighted by molar-refractivity contribution is 6.04. The van der Waals surface area contributed by atoms with Crippen LogP contribution < -0.4 is 0 Å². The van der Waals surface area contributed by atoms with Crippen LogP contribution in [0.4, 0.5) is 0 Å². The first-order chi connectivity index (χ1) is 10.4. The van der Waals surface area contributed by atoms with Crippen molar-refractivity contribution in [1.82, 2.24) is 9.80 Å². The predicted molar refractivity (Wildman–Crippen MR) is 82.2 cm³/mol. The Kier molecular flexibility index (Phi) is 5.12. The lowest BCUT2D eigenvalue weighted by Gasteiger charge is -2.40. The fourth-order valence-corrected chi connectivity index (χ4v) is 3.23. The number of ether oxygens (including phenoxy) is 2. The molecule has 0 saturated carbocycles. The average Bonchev–Trinajstić information content (AvgIpc) is 2.96. The van der Waals surface area contributed by atoms with Crippen molar-refractivity contribution in [3.8, 4) is 0 Å². The molecule has 2 rings (SSSR count). The van der Waals surface area contributed by atoms with Gasteiger partial charge in [0.05, 0.1) is 13.2 Å². The fourth-order valence-electron chi connectivity index (χ4n) is 3.23. The van der Waals surface area contributed by atoms with Crippen LogP contribution in [0, 0.1) is 5.41 Å². The third kappa shape index (κ3) is 3.13. The van der Waals surface area contributed by atoms with Gasteiger partial charge in [-0.2, -0.15) is 0 Å². The number of carbonyl (C=O) groups excluding carboxylic acids is 2. The Labute approximate surface area is 132 Å². The molecule has 0 aromatic rings. The molecule has 2 aliphatic heterocycles. The van der Waals surface area contributed by atoms with E-state index in [4.69, 9.17) is 9.47 Å². The Morgan fingerprint density at radius 3 is 2.05 bits per heavy atom. The van der Waals surface area contributed by atoms with Gasteiger partial charge < -0.3 is 19.3 Å². The van der Waals surface area contributed by atoms with Crippen LogP contribution in [0.1, 0.15) is 40.5 Å². The number of amides is 2. The summed E-state index contributed by atoms with van der Waals surface area (Å²) in [6, 6.07) is 0. The van der Waals surface area contributed by atoms with Crippen molar-refractivity contribution in [2.75, 3.05) is 39.4 Å². The van der Waals surface area contributed by atoms with Gasteiger partial charge in [-0.25, -0.2) is 0 Å². The maximum atomic E-state index is 12.8. The summed E-state index contributed by atoms with van der Waals surface area (Å²) in [5.74, 6) is -0.697. The molecule has 6 nitrogen and oxygen atoms in total. The van der Waals surface area contributed by atoms with Crippen LogP contribution >= 0.6 is 0 Å². The van der Waals surface area contributed by atoms with E-state index in [0.29, 0.717) is 52.2 Å². The Bertz CT molecular complexity index is 416. The molecule has 0 bridgehead atoms. The lowest BCUT2D eigenvalue weighted by atomic mass is 9.88. The molecule has 2 amide bonds. The normalized spacial score (nSPS) is 21.2. The summed E-state index contributed by atoms with van der Waals surface area (Å²) < 4.78 is 11.4. The molecule has 2 fully saturated rings. The number of likely N-dealkylation sites (tertiary alicyclic amines) is 1. The molecular formula is C16H28N2O4. The molecule has 22 heavy (non-hydrogen) atoms. The summed E-state index contributed by atoms with van der Waals surface area (Å²) in [5.41, 5.74) is -1.02. The Hall–Kier alpha value is -1.14. The number of hydrogen-bond donors (Lipinski definition) is 0. The van der Waals surface area contributed by atoms with Crippen LogP contribution in [0.15, 0.2) is 0 Å². The maximum absolute atomic E-state index is 12.8. The van der Waals surface area contributed by atoms with Gasteiger partial charge in [0, 0.05) is 39.0 Å². The number of piperidine rings is 1. The molecule has 126 valence electrons. The number of carbonyl (C=O) groups is 2. The topological polar surface area (TPSA) is 59.1 Å². The highest BCUT2D eigenvalue weighted by Gasteiger charge is 2.46. The van der Waals surface area contributed by atoms with Gasteiger partial charge in [-0.1, -0.05) is 0 Å². The summed E-state index contributed by atoms with van der Waals surface area (Å²) >= 11 is 0. The van der Waals surface area contributed by atoms with E-state index < -0.39 is 11.2 Å². The highest BCUT2D eigenvalue weighted by atomic mass is 16.7. The summed E-state index contributed by atoms with van der Waals surface area (Å²) in [7, 11) is 0. The lowest BCUT2D eigenvalue weighted by Crippen LogP contribution is -2.55. The number of rotatable bonds is 4. The van der Waals surface area contributed by atoms with Crippen LogP contribution in [-0.4, -0.2) is 66.8 Å². The van der Waals surface area contributed by atoms with Crippen molar-refractivity contribution in [3.05, 3.63) is 0 Å². The van der Waals surface area contributed by atoms with Gasteiger partial charge in [-0.15, -0.1) is 0 Å². The molecule has 2 heterocycles. The molecule has 0 radical (unpaired) electrons. The summed E-state index contributed by atoms with van der Waals surface area (Å²) in [5, 5.41) is 0. The van der Waals surface area contributed by atoms with Crippen molar-refractivity contribution in [2.24, 2.45) is 5.41 Å². The van der Waals surface area contributed by atoms with Gasteiger partial charge in [0.2, 0.25) is 11.8 Å². The smallest absolute Gasteiger partial charge is 0.237 e. The summed E-state index contributed by atoms with van der Waals surface area (Å²) in [4.78, 5) is 28.9. The monoisotopic (exact) mass is 312 g/mol. The van der Waals surface area contributed by atoms with Gasteiger partial charge in [0.15, 0.2) is 5.79 Å². The zero-order valence-corrected chi connectivity index (χ0v) is 14.2. The van der Waals surface area contributed by atoms with Crippen LogP contribution in [0.25, 0.3) is 0 Å². The minimum absolute atomic E-state index is 0.0998. The average molecular weight is 312 g/mol. The molecule has 0 N–H and O–H groups in total. The quantitative estimate of drug-likeness (QED) is 0.733. The molecule has 1 spiro atoms. The minimum Gasteiger partial charge on any atom is -0.347 e. The van der Waals surface area contributed by atoms with E-state index in [-0.39, 0.29) is 11.8 Å². The van der Waals surface area contributed by atoms with Gasteiger partial charge in [0.25, 0.3) is 0 Å². The van der Waals surface area contributed by atoms with Crippen LogP contribution in [-0.2, 0) is 19.1 Å². The first kappa shape index (κ1) is 17.2. The number of hydrogen-bond acceptors (Lipinski definition) is 4. The fraction of sp³-hybridized carbons (Fsp3) is 0.875. The van der Waals surface area contributed by atoms with Crippen molar-refractivity contribution in [3.63, 3.8) is 0 Å². The molecule has 6 heteroatoms. The van der Waals surface area contributed by atoms with Gasteiger partial charge in [-0.05, 0) is 27.7 Å². The van der Waals surface area contributed by atoms with Crippen molar-refractivity contribution >= 4 is 11.8 Å². The van der Waals surface area contributed by atoms with Crippen molar-refractivity contribution in [2.45, 2.75) is 46.3 Å². The molecule has 0 aliphatic carbocycles. The van der Waals surface area contributed by atoms with Gasteiger partial charge in [-0.3, -0.25) is 9.59 Å². The standard InChI is InChI=1S/C16H28N2O4/c1-5-17(6-2)13(19)15(3,4)14(20)18-9-7-16(8-10-18)21-11-12-22-16/h5-12H2,1-4H3. The van der Waals surface area contributed by atoms with E-state index in [9.17, 15) is 9.59 Å². The molecule has 0 aromatic carbocycles. The highest BCUT2D eigenvalue weighted by Crippen LogP contribution is 2.33. The maximum Gasteiger partial charge on any atom is 0.237 e. The molecule has 0 atom stereocenters. The third-order valence-corrected chi connectivity index (χ3v) is 4.75. The number of nitrogens with zero attached hydrogens (tertiary/aromatic N) is 2. The van der Waals surface area contributed by atoms with E-state index in [2.05, 4.69) is 0 Å². The van der Waals surface area contributed by atoms with Crippen LogP contribution in [0.5, 0.6) is 0 Å². The second kappa shape index (κ2) is 6.54. The van der Waals surface area contributed by atoms with Crippen molar-refractivity contribution < 1.29 is 19.1 Å². The van der Waals surface area contributed by atoms with Crippen LogP contribution in [0.2, 0.25) is 0 Å². The van der Waals surface area contributed by atoms with E-state index in [1.54, 1.807) is 23.6 Å². The minimum atomic E-state index is -1.02. The first-order valence-corrected chi connectivity index (χ1v) is 8.23. The molecule has 0 aromatic heterocycles. The Morgan fingerprint density at radius 1 is 1.09 bits per heavy atom. The Balaban J connectivity index is 2.00. The van der Waals surface area contributed by atoms with Gasteiger partial charge in [0.1, 0.15) is 5.41 Å². The van der Waals surface area contributed by atoms with Gasteiger partial charge >= 0.3 is 0 Å². The molecule has 2 aliphatic rings. The molecular weight excluding hydrogens is 284 g/mol. The largest absolute Gasteiger partial charge is 0.347 e. The summed E-state index contributed by atoms with van der Waals surface area (Å²) in [6.07, 6.45) is 1.35. The summed E-state index contributed by atoms with van der Waals surface area (Å²) in [6.45, 7) is 11.0. The lowest BCUT2D eigenvalue weighted by molar-refractivity contribution is -0.190. The van der Waals surface area contributed by atoms with E-state index in [0.717, 1.165) is 0 Å². The molecule has 2 saturated heterocycles. The second-order valence-electron chi connectivity index (χ2n) is 6.50.